The van der Waals surface area contributed by atoms with Crippen LogP contribution in [0.2, 0.25) is 0 Å². The molecule has 0 heterocycles. The van der Waals surface area contributed by atoms with Gasteiger partial charge in [-0.15, -0.1) is 11.8 Å². The van der Waals surface area contributed by atoms with Crippen molar-refractivity contribution in [2.45, 2.75) is 11.3 Å². The predicted octanol–water partition coefficient (Wildman–Crippen LogP) is 2.09. The minimum absolute atomic E-state index is 0.208. The van der Waals surface area contributed by atoms with Crippen molar-refractivity contribution in [3.8, 4) is 0 Å². The van der Waals surface area contributed by atoms with Crippen LogP contribution in [0.4, 0.5) is 0 Å². The quantitative estimate of drug-likeness (QED) is 0.807. The van der Waals surface area contributed by atoms with Crippen molar-refractivity contribution in [3.05, 3.63) is 28.2 Å². The second-order valence-electron chi connectivity index (χ2n) is 3.77. The maximum absolute atomic E-state index is 11.0. The molecule has 0 aliphatic carbocycles. The van der Waals surface area contributed by atoms with Gasteiger partial charge >= 0.3 is 0 Å². The van der Waals surface area contributed by atoms with Crippen LogP contribution in [0.25, 0.3) is 0 Å². The van der Waals surface area contributed by atoms with E-state index in [9.17, 15) is 8.42 Å². The average molecular weight is 338 g/mol. The summed E-state index contributed by atoms with van der Waals surface area (Å²) in [6.07, 6.45) is 2.10. The highest BCUT2D eigenvalue weighted by Gasteiger charge is 2.04. The summed E-state index contributed by atoms with van der Waals surface area (Å²) in [6.45, 7) is 0.624. The highest BCUT2D eigenvalue weighted by molar-refractivity contribution is 9.10. The summed E-state index contributed by atoms with van der Waals surface area (Å²) in [7, 11) is -2.87. The molecule has 0 aromatic heterocycles. The summed E-state index contributed by atoms with van der Waals surface area (Å²) in [5, 5.41) is 0. The standard InChI is InChI=1S/C11H16BrNO2S2/c1-17(14,15)7-6-16-10-3-2-9(4-5-13)11(12)8-10/h2-3,8H,4-7,13H2,1H3. The molecule has 0 amide bonds. The van der Waals surface area contributed by atoms with Gasteiger partial charge in [-0.3, -0.25) is 0 Å². The highest BCUT2D eigenvalue weighted by atomic mass is 79.9. The first-order chi connectivity index (χ1) is 7.92. The molecule has 0 radical (unpaired) electrons. The van der Waals surface area contributed by atoms with Crippen LogP contribution in [0.1, 0.15) is 5.56 Å². The molecule has 0 atom stereocenters. The van der Waals surface area contributed by atoms with Crippen molar-refractivity contribution < 1.29 is 8.42 Å². The second-order valence-corrected chi connectivity index (χ2v) is 8.05. The third-order valence-corrected chi connectivity index (χ3v) is 5.10. The van der Waals surface area contributed by atoms with E-state index in [4.69, 9.17) is 5.73 Å². The number of hydrogen-bond acceptors (Lipinski definition) is 4. The van der Waals surface area contributed by atoms with Crippen molar-refractivity contribution in [1.29, 1.82) is 0 Å². The molecule has 0 spiro atoms. The zero-order valence-corrected chi connectivity index (χ0v) is 12.9. The third-order valence-electron chi connectivity index (χ3n) is 2.16. The van der Waals surface area contributed by atoms with Gasteiger partial charge in [-0.05, 0) is 30.7 Å². The van der Waals surface area contributed by atoms with E-state index in [0.717, 1.165) is 15.8 Å². The fourth-order valence-electron chi connectivity index (χ4n) is 1.29. The Bertz CT molecular complexity index is 474. The van der Waals surface area contributed by atoms with Gasteiger partial charge in [0.25, 0.3) is 0 Å². The van der Waals surface area contributed by atoms with Crippen molar-refractivity contribution in [3.63, 3.8) is 0 Å². The lowest BCUT2D eigenvalue weighted by Gasteiger charge is -2.06. The molecule has 0 saturated heterocycles. The fourth-order valence-corrected chi connectivity index (χ4v) is 4.16. The minimum atomic E-state index is -2.87. The van der Waals surface area contributed by atoms with Gasteiger partial charge in [0.05, 0.1) is 5.75 Å². The molecule has 0 bridgehead atoms. The number of thioether (sulfide) groups is 1. The maximum atomic E-state index is 11.0. The van der Waals surface area contributed by atoms with E-state index in [2.05, 4.69) is 15.9 Å². The molecule has 1 aromatic carbocycles. The van der Waals surface area contributed by atoms with Crippen molar-refractivity contribution in [2.75, 3.05) is 24.3 Å². The van der Waals surface area contributed by atoms with E-state index in [1.165, 1.54) is 11.8 Å². The molecule has 1 aromatic rings. The minimum Gasteiger partial charge on any atom is -0.330 e. The Hall–Kier alpha value is -0.0400. The van der Waals surface area contributed by atoms with Crippen molar-refractivity contribution in [2.24, 2.45) is 5.73 Å². The van der Waals surface area contributed by atoms with E-state index in [0.29, 0.717) is 12.3 Å². The lowest BCUT2D eigenvalue weighted by molar-refractivity contribution is 0.603. The molecule has 3 nitrogen and oxygen atoms in total. The molecule has 0 unspecified atom stereocenters. The van der Waals surface area contributed by atoms with Gasteiger partial charge in [0.15, 0.2) is 0 Å². The molecule has 17 heavy (non-hydrogen) atoms. The molecule has 6 heteroatoms. The van der Waals surface area contributed by atoms with Crippen LogP contribution in [0.3, 0.4) is 0 Å². The zero-order chi connectivity index (χ0) is 12.9. The van der Waals surface area contributed by atoms with Crippen LogP contribution in [-0.2, 0) is 16.3 Å². The van der Waals surface area contributed by atoms with Crippen LogP contribution in [0.15, 0.2) is 27.6 Å². The summed E-state index contributed by atoms with van der Waals surface area (Å²) >= 11 is 5.04. The molecule has 96 valence electrons. The Morgan fingerprint density at radius 3 is 2.65 bits per heavy atom. The number of rotatable bonds is 6. The zero-order valence-electron chi connectivity index (χ0n) is 9.65. The van der Waals surface area contributed by atoms with Gasteiger partial charge in [0, 0.05) is 21.4 Å². The van der Waals surface area contributed by atoms with E-state index in [-0.39, 0.29) is 5.75 Å². The molecule has 2 N–H and O–H groups in total. The average Bonchev–Trinajstić information content (AvgIpc) is 2.20. The van der Waals surface area contributed by atoms with E-state index in [1.54, 1.807) is 11.8 Å². The predicted molar refractivity (Wildman–Crippen MR) is 77.3 cm³/mol. The Morgan fingerprint density at radius 2 is 2.12 bits per heavy atom. The van der Waals surface area contributed by atoms with E-state index < -0.39 is 9.84 Å². The number of nitrogens with two attached hydrogens (primary N) is 1. The molecular formula is C11H16BrNO2S2. The Balaban J connectivity index is 2.58. The third kappa shape index (κ3) is 5.90. The van der Waals surface area contributed by atoms with Crippen LogP contribution < -0.4 is 5.73 Å². The monoisotopic (exact) mass is 337 g/mol. The van der Waals surface area contributed by atoms with Gasteiger partial charge in [-0.25, -0.2) is 8.42 Å². The summed E-state index contributed by atoms with van der Waals surface area (Å²) in [4.78, 5) is 1.07. The van der Waals surface area contributed by atoms with Gasteiger partial charge in [-0.1, -0.05) is 22.0 Å². The fraction of sp³-hybridized carbons (Fsp3) is 0.455. The number of benzene rings is 1. The second kappa shape index (κ2) is 6.78. The number of sulfone groups is 1. The topological polar surface area (TPSA) is 60.2 Å². The largest absolute Gasteiger partial charge is 0.330 e. The summed E-state index contributed by atoms with van der Waals surface area (Å²) in [6, 6.07) is 6.04. The van der Waals surface area contributed by atoms with Crippen LogP contribution in [0, 0.1) is 0 Å². The van der Waals surface area contributed by atoms with Gasteiger partial charge in [-0.2, -0.15) is 0 Å². The van der Waals surface area contributed by atoms with Crippen molar-refractivity contribution in [1.82, 2.24) is 0 Å². The molecule has 1 rings (SSSR count). The van der Waals surface area contributed by atoms with Crippen molar-refractivity contribution >= 4 is 37.5 Å². The number of hydrogen-bond donors (Lipinski definition) is 1. The molecule has 0 saturated carbocycles. The number of halogens is 1. The summed E-state index contributed by atoms with van der Waals surface area (Å²) < 4.78 is 23.0. The smallest absolute Gasteiger partial charge is 0.148 e. The van der Waals surface area contributed by atoms with Gasteiger partial charge < -0.3 is 5.73 Å². The van der Waals surface area contributed by atoms with Crippen LogP contribution in [-0.4, -0.2) is 32.7 Å². The van der Waals surface area contributed by atoms with E-state index in [1.807, 2.05) is 18.2 Å². The van der Waals surface area contributed by atoms with Crippen LogP contribution >= 0.6 is 27.7 Å². The highest BCUT2D eigenvalue weighted by Crippen LogP contribution is 2.25. The summed E-state index contributed by atoms with van der Waals surface area (Å²) in [5.41, 5.74) is 6.68. The molecule has 0 aliphatic heterocycles. The SMILES string of the molecule is CS(=O)(=O)CCSc1ccc(CCN)c(Br)c1. The maximum Gasteiger partial charge on any atom is 0.148 e. The Morgan fingerprint density at radius 1 is 1.41 bits per heavy atom. The lowest BCUT2D eigenvalue weighted by atomic mass is 10.1. The first-order valence-corrected chi connectivity index (χ1v) is 9.05. The normalized spacial score (nSPS) is 11.7. The summed E-state index contributed by atoms with van der Waals surface area (Å²) in [5.74, 6) is 0.793. The molecule has 0 aliphatic rings. The first kappa shape index (κ1) is 15.0. The first-order valence-electron chi connectivity index (χ1n) is 5.21. The molecular weight excluding hydrogens is 322 g/mol. The van der Waals surface area contributed by atoms with Gasteiger partial charge in [0.1, 0.15) is 9.84 Å². The van der Waals surface area contributed by atoms with Gasteiger partial charge in [0.2, 0.25) is 0 Å². The van der Waals surface area contributed by atoms with Crippen LogP contribution in [0.5, 0.6) is 0 Å². The van der Waals surface area contributed by atoms with E-state index >= 15 is 0 Å². The lowest BCUT2D eigenvalue weighted by Crippen LogP contribution is -2.05. The Kier molecular flexibility index (Phi) is 5.99. The Labute approximate surface area is 115 Å². The molecule has 0 fully saturated rings.